The van der Waals surface area contributed by atoms with Crippen LogP contribution in [0.5, 0.6) is 11.5 Å². The molecule has 0 saturated carbocycles. The molecule has 11 nitrogen and oxygen atoms in total. The second-order valence-electron chi connectivity index (χ2n) is 12.5. The van der Waals surface area contributed by atoms with E-state index in [4.69, 9.17) is 9.47 Å². The van der Waals surface area contributed by atoms with E-state index in [0.717, 1.165) is 34.4 Å². The molecule has 44 heavy (non-hydrogen) atoms. The molecule has 0 fully saturated rings. The molecule has 1 aliphatic rings. The minimum Gasteiger partial charge on any atom is -0.492 e. The van der Waals surface area contributed by atoms with E-state index < -0.39 is 16.1 Å². The Morgan fingerprint density at radius 3 is 2.39 bits per heavy atom. The maximum atomic E-state index is 13.4. The molecule has 4 aromatic rings. The minimum atomic E-state index is -3.59. The standard InChI is InChI=1S/C32H40N6O5S/c1-19(2)30-36-35-28-15-12-21(18-38(28)30)43-27-14-13-24(22-10-8-9-11-23(22)27)33-31(39)34-25-16-20(32(3,4)5)17-26(29(25)42-6)37-44(7,40)41/h8-12,15-19,24,27,37H,13-14H2,1-7H3,(H2,33,34,39)/t24-,27?/m0/s1. The Balaban J connectivity index is 1.37. The summed E-state index contributed by atoms with van der Waals surface area (Å²) in [6.45, 7) is 10.2. The third-order valence-electron chi connectivity index (χ3n) is 7.64. The lowest BCUT2D eigenvalue weighted by atomic mass is 9.85. The van der Waals surface area contributed by atoms with Crippen molar-refractivity contribution in [3.63, 3.8) is 0 Å². The van der Waals surface area contributed by atoms with E-state index in [1.54, 1.807) is 6.07 Å². The number of benzene rings is 2. The number of fused-ring (bicyclic) bond motifs is 2. The summed E-state index contributed by atoms with van der Waals surface area (Å²) in [6.07, 6.45) is 4.14. The van der Waals surface area contributed by atoms with Gasteiger partial charge in [0.1, 0.15) is 17.7 Å². The summed E-state index contributed by atoms with van der Waals surface area (Å²) in [4.78, 5) is 13.4. The third kappa shape index (κ3) is 6.75. The Bertz CT molecular complexity index is 1790. The third-order valence-corrected chi connectivity index (χ3v) is 8.23. The van der Waals surface area contributed by atoms with Crippen molar-refractivity contribution in [1.29, 1.82) is 0 Å². The van der Waals surface area contributed by atoms with E-state index >= 15 is 0 Å². The highest BCUT2D eigenvalue weighted by Crippen LogP contribution is 2.41. The predicted molar refractivity (Wildman–Crippen MR) is 171 cm³/mol. The topological polar surface area (TPSA) is 136 Å². The van der Waals surface area contributed by atoms with E-state index in [1.165, 1.54) is 7.11 Å². The summed E-state index contributed by atoms with van der Waals surface area (Å²) in [7, 11) is -2.16. The Hall–Kier alpha value is -4.32. The fourth-order valence-electron chi connectivity index (χ4n) is 5.51. The fourth-order valence-corrected chi connectivity index (χ4v) is 6.06. The molecule has 2 atom stereocenters. The van der Waals surface area contributed by atoms with Gasteiger partial charge in [-0.05, 0) is 59.2 Å². The zero-order valence-corrected chi connectivity index (χ0v) is 27.0. The zero-order chi connectivity index (χ0) is 31.8. The van der Waals surface area contributed by atoms with Gasteiger partial charge in [-0.25, -0.2) is 13.2 Å². The number of pyridine rings is 1. The lowest BCUT2D eigenvalue weighted by Crippen LogP contribution is -2.35. The van der Waals surface area contributed by atoms with Crippen LogP contribution < -0.4 is 24.8 Å². The van der Waals surface area contributed by atoms with Gasteiger partial charge in [0.05, 0.1) is 37.0 Å². The Morgan fingerprint density at radius 2 is 1.73 bits per heavy atom. The number of hydrogen-bond donors (Lipinski definition) is 3. The number of urea groups is 1. The van der Waals surface area contributed by atoms with Gasteiger partial charge in [-0.1, -0.05) is 58.9 Å². The maximum absolute atomic E-state index is 13.4. The molecule has 0 saturated heterocycles. The van der Waals surface area contributed by atoms with E-state index in [2.05, 4.69) is 39.4 Å². The smallest absolute Gasteiger partial charge is 0.319 e. The van der Waals surface area contributed by atoms with Gasteiger partial charge in [0, 0.05) is 5.92 Å². The number of carbonyl (C=O) groups is 1. The van der Waals surface area contributed by atoms with Crippen LogP contribution in [0, 0.1) is 0 Å². The zero-order valence-electron chi connectivity index (χ0n) is 26.1. The Labute approximate surface area is 258 Å². The van der Waals surface area contributed by atoms with Gasteiger partial charge in [-0.3, -0.25) is 9.12 Å². The van der Waals surface area contributed by atoms with Crippen LogP contribution in [-0.2, 0) is 15.4 Å². The van der Waals surface area contributed by atoms with Gasteiger partial charge in [-0.2, -0.15) is 0 Å². The highest BCUT2D eigenvalue weighted by Gasteiger charge is 2.30. The van der Waals surface area contributed by atoms with Crippen LogP contribution in [-0.4, -0.2) is 42.4 Å². The highest BCUT2D eigenvalue weighted by atomic mass is 32.2. The molecule has 2 aromatic carbocycles. The minimum absolute atomic E-state index is 0.197. The van der Waals surface area contributed by atoms with Crippen LogP contribution in [0.3, 0.4) is 0 Å². The Kier molecular flexibility index (Phi) is 8.48. The summed E-state index contributed by atoms with van der Waals surface area (Å²) in [5.74, 6) is 2.02. The molecule has 234 valence electrons. The predicted octanol–water partition coefficient (Wildman–Crippen LogP) is 6.31. The molecule has 0 radical (unpaired) electrons. The normalized spacial score (nSPS) is 16.8. The number of rotatable bonds is 8. The number of carbonyl (C=O) groups excluding carboxylic acids is 1. The summed E-state index contributed by atoms with van der Waals surface area (Å²) in [5, 5.41) is 14.6. The van der Waals surface area contributed by atoms with Crippen molar-refractivity contribution >= 4 is 33.1 Å². The quantitative estimate of drug-likeness (QED) is 0.210. The van der Waals surface area contributed by atoms with Gasteiger partial charge in [0.15, 0.2) is 11.4 Å². The molecule has 12 heteroatoms. The number of nitrogens with zero attached hydrogens (tertiary/aromatic N) is 3. The second-order valence-corrected chi connectivity index (χ2v) is 14.2. The van der Waals surface area contributed by atoms with Crippen molar-refractivity contribution in [3.8, 4) is 11.5 Å². The average Bonchev–Trinajstić information content (AvgIpc) is 3.36. The first-order valence-corrected chi connectivity index (χ1v) is 16.5. The van der Waals surface area contributed by atoms with Crippen molar-refractivity contribution in [2.45, 2.75) is 70.9 Å². The highest BCUT2D eigenvalue weighted by molar-refractivity contribution is 7.92. The summed E-state index contributed by atoms with van der Waals surface area (Å²) in [6, 6.07) is 14.6. The average molecular weight is 621 g/mol. The monoisotopic (exact) mass is 620 g/mol. The van der Waals surface area contributed by atoms with Crippen molar-refractivity contribution in [1.82, 2.24) is 19.9 Å². The van der Waals surface area contributed by atoms with Gasteiger partial charge < -0.3 is 20.1 Å². The molecular formula is C32H40N6O5S. The van der Waals surface area contributed by atoms with Crippen LogP contribution in [0.1, 0.15) is 88.0 Å². The van der Waals surface area contributed by atoms with Gasteiger partial charge in [-0.15, -0.1) is 10.2 Å². The molecule has 0 spiro atoms. The lowest BCUT2D eigenvalue weighted by molar-refractivity contribution is 0.171. The van der Waals surface area contributed by atoms with Crippen LogP contribution in [0.4, 0.5) is 16.2 Å². The molecule has 5 rings (SSSR count). The number of hydrogen-bond acceptors (Lipinski definition) is 7. The van der Waals surface area contributed by atoms with E-state index in [-0.39, 0.29) is 34.9 Å². The molecule has 2 aromatic heterocycles. The number of amides is 2. The van der Waals surface area contributed by atoms with Gasteiger partial charge in [0.2, 0.25) is 10.0 Å². The van der Waals surface area contributed by atoms with E-state index in [9.17, 15) is 13.2 Å². The molecule has 3 N–H and O–H groups in total. The van der Waals surface area contributed by atoms with Gasteiger partial charge in [0.25, 0.3) is 0 Å². The first kappa shape index (κ1) is 31.1. The number of ether oxygens (including phenoxy) is 2. The molecular weight excluding hydrogens is 580 g/mol. The van der Waals surface area contributed by atoms with E-state index in [0.29, 0.717) is 24.3 Å². The number of anilines is 2. The number of aromatic nitrogens is 3. The molecule has 0 aliphatic heterocycles. The van der Waals surface area contributed by atoms with Crippen molar-refractivity contribution < 1.29 is 22.7 Å². The first-order valence-electron chi connectivity index (χ1n) is 14.6. The summed E-state index contributed by atoms with van der Waals surface area (Å²) < 4.78 is 40.7. The molecule has 2 heterocycles. The van der Waals surface area contributed by atoms with Crippen LogP contribution >= 0.6 is 0 Å². The van der Waals surface area contributed by atoms with Crippen molar-refractivity contribution in [2.75, 3.05) is 23.4 Å². The molecule has 2 amide bonds. The second kappa shape index (κ2) is 12.0. The maximum Gasteiger partial charge on any atom is 0.319 e. The van der Waals surface area contributed by atoms with E-state index in [1.807, 2.05) is 73.8 Å². The number of methoxy groups -OCH3 is 1. The molecule has 1 unspecified atom stereocenters. The number of nitrogens with one attached hydrogen (secondary N) is 3. The lowest BCUT2D eigenvalue weighted by Gasteiger charge is -2.32. The van der Waals surface area contributed by atoms with Crippen LogP contribution in [0.15, 0.2) is 54.7 Å². The first-order chi connectivity index (χ1) is 20.7. The largest absolute Gasteiger partial charge is 0.492 e. The summed E-state index contributed by atoms with van der Waals surface area (Å²) >= 11 is 0. The van der Waals surface area contributed by atoms with Gasteiger partial charge >= 0.3 is 6.03 Å². The van der Waals surface area contributed by atoms with Crippen molar-refractivity contribution in [3.05, 3.63) is 77.2 Å². The fraction of sp³-hybridized carbons (Fsp3) is 0.406. The van der Waals surface area contributed by atoms with Crippen LogP contribution in [0.2, 0.25) is 0 Å². The molecule has 0 bridgehead atoms. The SMILES string of the molecule is COc1c(NC(=O)N[C@H]2CCC(Oc3ccc4nnc(C(C)C)n4c3)c3ccccc32)cc(C(C)(C)C)cc1NS(C)(=O)=O. The van der Waals surface area contributed by atoms with Crippen LogP contribution in [0.25, 0.3) is 5.65 Å². The summed E-state index contributed by atoms with van der Waals surface area (Å²) in [5.41, 5.74) is 3.87. The Morgan fingerprint density at radius 1 is 1.02 bits per heavy atom. The van der Waals surface area contributed by atoms with Crippen molar-refractivity contribution in [2.24, 2.45) is 0 Å². The number of sulfonamides is 1. The molecule has 1 aliphatic carbocycles.